The lowest BCUT2D eigenvalue weighted by molar-refractivity contribution is -0.136. The van der Waals surface area contributed by atoms with Crippen molar-refractivity contribution in [3.8, 4) is 0 Å². The van der Waals surface area contributed by atoms with Crippen LogP contribution >= 0.6 is 0 Å². The van der Waals surface area contributed by atoms with Crippen LogP contribution in [-0.4, -0.2) is 33.3 Å². The fourth-order valence-corrected chi connectivity index (χ4v) is 3.38. The van der Waals surface area contributed by atoms with Gasteiger partial charge in [-0.3, -0.25) is 18.8 Å². The van der Waals surface area contributed by atoms with E-state index in [0.717, 1.165) is 11.1 Å². The molecule has 10 heteroatoms. The number of anilines is 1. The third-order valence-corrected chi connectivity index (χ3v) is 5.15. The highest BCUT2D eigenvalue weighted by molar-refractivity contribution is 6.39. The first-order valence-corrected chi connectivity index (χ1v) is 10.8. The highest BCUT2D eigenvalue weighted by Crippen LogP contribution is 2.14. The fourth-order valence-electron chi connectivity index (χ4n) is 3.38. The Morgan fingerprint density at radius 1 is 1.00 bits per heavy atom. The number of carbonyl (C=O) groups excluding carboxylic acids is 3. The van der Waals surface area contributed by atoms with Gasteiger partial charge >= 0.3 is 11.8 Å². The Bertz CT molecular complexity index is 1430. The minimum Gasteiger partial charge on any atom is -0.458 e. The van der Waals surface area contributed by atoms with Crippen molar-refractivity contribution in [3.05, 3.63) is 88.8 Å². The maximum atomic E-state index is 12.6. The van der Waals surface area contributed by atoms with E-state index in [4.69, 9.17) is 4.42 Å². The standard InChI is InChI=1S/C25H24N6O4/c1-15-4-6-18(7-5-15)29-25(34)24(33)26-13-19-8-9-20(35-19)14-27-30-23(32)22-17(3)28-21-12-16(2)10-11-31(21)22/h4-12,14H,13H2,1-3H3,(H,26,33)(H,29,34)(H,30,32)/b27-14-. The normalized spacial score (nSPS) is 11.1. The molecule has 0 spiro atoms. The Morgan fingerprint density at radius 3 is 2.54 bits per heavy atom. The topological polar surface area (TPSA) is 130 Å². The summed E-state index contributed by atoms with van der Waals surface area (Å²) in [4.78, 5) is 41.1. The van der Waals surface area contributed by atoms with E-state index in [1.54, 1.807) is 41.8 Å². The summed E-state index contributed by atoms with van der Waals surface area (Å²) >= 11 is 0. The van der Waals surface area contributed by atoms with Gasteiger partial charge in [-0.25, -0.2) is 10.4 Å². The average molecular weight is 473 g/mol. The van der Waals surface area contributed by atoms with Gasteiger partial charge in [0.2, 0.25) is 0 Å². The average Bonchev–Trinajstić information content (AvgIpc) is 3.41. The molecule has 0 aliphatic heterocycles. The predicted molar refractivity (Wildman–Crippen MR) is 130 cm³/mol. The first-order chi connectivity index (χ1) is 16.8. The zero-order valence-electron chi connectivity index (χ0n) is 19.5. The highest BCUT2D eigenvalue weighted by Gasteiger charge is 2.16. The molecule has 1 aromatic carbocycles. The quantitative estimate of drug-likeness (QED) is 0.226. The summed E-state index contributed by atoms with van der Waals surface area (Å²) in [7, 11) is 0. The van der Waals surface area contributed by atoms with Crippen LogP contribution in [0.3, 0.4) is 0 Å². The Hall–Kier alpha value is -4.73. The van der Waals surface area contributed by atoms with E-state index in [2.05, 4.69) is 26.1 Å². The summed E-state index contributed by atoms with van der Waals surface area (Å²) in [6.07, 6.45) is 3.13. The van der Waals surface area contributed by atoms with Crippen LogP contribution in [0.5, 0.6) is 0 Å². The second kappa shape index (κ2) is 10.0. The van der Waals surface area contributed by atoms with Gasteiger partial charge in [0.25, 0.3) is 5.91 Å². The Balaban J connectivity index is 1.29. The van der Waals surface area contributed by atoms with Crippen molar-refractivity contribution in [3.63, 3.8) is 0 Å². The van der Waals surface area contributed by atoms with Gasteiger partial charge in [0, 0.05) is 11.9 Å². The van der Waals surface area contributed by atoms with E-state index >= 15 is 0 Å². The van der Waals surface area contributed by atoms with Crippen LogP contribution in [0.15, 0.2) is 64.2 Å². The molecule has 0 bridgehead atoms. The number of nitrogens with zero attached hydrogens (tertiary/aromatic N) is 3. The molecule has 3 heterocycles. The number of hydrogen-bond donors (Lipinski definition) is 3. The molecule has 0 radical (unpaired) electrons. The molecule has 0 aliphatic carbocycles. The van der Waals surface area contributed by atoms with Crippen LogP contribution in [0.25, 0.3) is 5.65 Å². The van der Waals surface area contributed by atoms with E-state index in [-0.39, 0.29) is 6.54 Å². The zero-order valence-corrected chi connectivity index (χ0v) is 19.5. The number of furan rings is 1. The maximum Gasteiger partial charge on any atom is 0.313 e. The van der Waals surface area contributed by atoms with Gasteiger partial charge in [-0.2, -0.15) is 5.10 Å². The summed E-state index contributed by atoms with van der Waals surface area (Å²) in [5.41, 5.74) is 6.76. The number of amides is 3. The molecule has 0 unspecified atom stereocenters. The van der Waals surface area contributed by atoms with Crippen LogP contribution in [0.4, 0.5) is 5.69 Å². The van der Waals surface area contributed by atoms with Gasteiger partial charge in [0.15, 0.2) is 0 Å². The van der Waals surface area contributed by atoms with Gasteiger partial charge in [0.05, 0.1) is 18.5 Å². The lowest BCUT2D eigenvalue weighted by atomic mass is 10.2. The first kappa shape index (κ1) is 23.4. The smallest absolute Gasteiger partial charge is 0.313 e. The van der Waals surface area contributed by atoms with E-state index in [1.165, 1.54) is 6.21 Å². The summed E-state index contributed by atoms with van der Waals surface area (Å²) in [6, 6.07) is 14.2. The van der Waals surface area contributed by atoms with Gasteiger partial charge in [-0.15, -0.1) is 0 Å². The van der Waals surface area contributed by atoms with Crippen LogP contribution in [-0.2, 0) is 16.1 Å². The molecule has 4 aromatic rings. The molecule has 3 N–H and O–H groups in total. The lowest BCUT2D eigenvalue weighted by Gasteiger charge is -2.05. The number of rotatable bonds is 6. The van der Waals surface area contributed by atoms with Gasteiger partial charge in [-0.05, 0) is 62.7 Å². The number of pyridine rings is 1. The van der Waals surface area contributed by atoms with E-state index in [9.17, 15) is 14.4 Å². The van der Waals surface area contributed by atoms with Crippen molar-refractivity contribution in [2.24, 2.45) is 5.10 Å². The molecular formula is C25H24N6O4. The monoisotopic (exact) mass is 472 g/mol. The second-order valence-electron chi connectivity index (χ2n) is 7.98. The molecule has 35 heavy (non-hydrogen) atoms. The van der Waals surface area contributed by atoms with Crippen LogP contribution in [0.2, 0.25) is 0 Å². The molecule has 0 atom stereocenters. The van der Waals surface area contributed by atoms with Crippen molar-refractivity contribution in [2.45, 2.75) is 27.3 Å². The van der Waals surface area contributed by atoms with E-state index < -0.39 is 17.7 Å². The number of aromatic nitrogens is 2. The van der Waals surface area contributed by atoms with E-state index in [1.807, 2.05) is 38.1 Å². The molecule has 0 fully saturated rings. The van der Waals surface area contributed by atoms with Crippen molar-refractivity contribution in [1.82, 2.24) is 20.1 Å². The summed E-state index contributed by atoms with van der Waals surface area (Å²) in [5, 5.41) is 8.97. The SMILES string of the molecule is Cc1ccc(NC(=O)C(=O)NCc2ccc(/C=N\NC(=O)c3c(C)nc4cc(C)ccn34)o2)cc1. The predicted octanol–water partition coefficient (Wildman–Crippen LogP) is 2.87. The molecule has 0 saturated carbocycles. The van der Waals surface area contributed by atoms with Gasteiger partial charge < -0.3 is 15.1 Å². The molecule has 3 amide bonds. The van der Waals surface area contributed by atoms with Crippen LogP contribution < -0.4 is 16.1 Å². The van der Waals surface area contributed by atoms with Crippen molar-refractivity contribution < 1.29 is 18.8 Å². The third kappa shape index (κ3) is 5.61. The fraction of sp³-hybridized carbons (Fsp3) is 0.160. The van der Waals surface area contributed by atoms with Crippen molar-refractivity contribution in [2.75, 3.05) is 5.32 Å². The minimum absolute atomic E-state index is 0.0147. The molecular weight excluding hydrogens is 448 g/mol. The lowest BCUT2D eigenvalue weighted by Crippen LogP contribution is -2.34. The molecule has 0 saturated heterocycles. The summed E-state index contributed by atoms with van der Waals surface area (Å²) in [6.45, 7) is 5.66. The van der Waals surface area contributed by atoms with Gasteiger partial charge in [-0.1, -0.05) is 17.7 Å². The summed E-state index contributed by atoms with van der Waals surface area (Å²) in [5.74, 6) is -1.19. The molecule has 3 aromatic heterocycles. The van der Waals surface area contributed by atoms with Crippen LogP contribution in [0.1, 0.15) is 38.8 Å². The number of aryl methyl sites for hydroxylation is 3. The molecule has 178 valence electrons. The number of fused-ring (bicyclic) bond motifs is 1. The molecule has 0 aliphatic rings. The Kier molecular flexibility index (Phi) is 6.72. The van der Waals surface area contributed by atoms with Crippen molar-refractivity contribution >= 4 is 35.3 Å². The minimum atomic E-state index is -0.789. The first-order valence-electron chi connectivity index (χ1n) is 10.8. The Morgan fingerprint density at radius 2 is 1.77 bits per heavy atom. The van der Waals surface area contributed by atoms with Crippen molar-refractivity contribution in [1.29, 1.82) is 0 Å². The maximum absolute atomic E-state index is 12.6. The number of hydrogen-bond acceptors (Lipinski definition) is 6. The zero-order chi connectivity index (χ0) is 24.9. The van der Waals surface area contributed by atoms with Crippen LogP contribution in [0, 0.1) is 20.8 Å². The Labute approximate surface area is 201 Å². The molecule has 10 nitrogen and oxygen atoms in total. The number of nitrogens with one attached hydrogen (secondary N) is 3. The number of benzene rings is 1. The number of hydrazone groups is 1. The van der Waals surface area contributed by atoms with Gasteiger partial charge in [0.1, 0.15) is 22.9 Å². The van der Waals surface area contributed by atoms with E-state index in [0.29, 0.717) is 34.2 Å². The molecule has 4 rings (SSSR count). The third-order valence-electron chi connectivity index (χ3n) is 5.15. The number of carbonyl (C=O) groups is 3. The largest absolute Gasteiger partial charge is 0.458 e. The second-order valence-corrected chi connectivity index (χ2v) is 7.98. The number of imidazole rings is 1. The summed E-state index contributed by atoms with van der Waals surface area (Å²) < 4.78 is 7.26. The highest BCUT2D eigenvalue weighted by atomic mass is 16.3.